The van der Waals surface area contributed by atoms with Gasteiger partial charge < -0.3 is 10.6 Å². The molecule has 0 aromatic heterocycles. The third-order valence-electron chi connectivity index (χ3n) is 4.73. The first-order chi connectivity index (χ1) is 13.2. The van der Waals surface area contributed by atoms with Crippen LogP contribution in [0.2, 0.25) is 0 Å². The third kappa shape index (κ3) is 6.79. The molecule has 0 aliphatic carbocycles. The maximum atomic E-state index is 13.0. The van der Waals surface area contributed by atoms with Crippen molar-refractivity contribution >= 4 is 17.5 Å². The van der Waals surface area contributed by atoms with Crippen molar-refractivity contribution < 1.29 is 22.8 Å². The standard InChI is InChI=1S/C19H27F3N4O2/c1-3-14(2)23-17(27)12-25-8-10-26(11-9-25)13-18(28)24-16-7-5-4-6-15(16)19(20,21)22/h4-7,14H,3,8-13H2,1-2H3,(H,23,27)(H,24,28). The van der Waals surface area contributed by atoms with Gasteiger partial charge in [0.1, 0.15) is 0 Å². The summed E-state index contributed by atoms with van der Waals surface area (Å²) in [5.41, 5.74) is -1.10. The van der Waals surface area contributed by atoms with Crippen molar-refractivity contribution in [3.05, 3.63) is 29.8 Å². The van der Waals surface area contributed by atoms with E-state index in [9.17, 15) is 22.8 Å². The highest BCUT2D eigenvalue weighted by atomic mass is 19.4. The Morgan fingerprint density at radius 3 is 2.11 bits per heavy atom. The number of benzene rings is 1. The van der Waals surface area contributed by atoms with Gasteiger partial charge in [-0.25, -0.2) is 0 Å². The molecule has 1 fully saturated rings. The van der Waals surface area contributed by atoms with Crippen LogP contribution in [0.5, 0.6) is 0 Å². The summed E-state index contributed by atoms with van der Waals surface area (Å²) < 4.78 is 39.0. The second kappa shape index (κ2) is 9.88. The smallest absolute Gasteiger partial charge is 0.353 e. The molecule has 1 saturated heterocycles. The van der Waals surface area contributed by atoms with Gasteiger partial charge in [-0.2, -0.15) is 13.2 Å². The van der Waals surface area contributed by atoms with E-state index in [0.29, 0.717) is 32.7 Å². The normalized spacial score (nSPS) is 17.2. The van der Waals surface area contributed by atoms with Crippen molar-refractivity contribution in [2.75, 3.05) is 44.6 Å². The average Bonchev–Trinajstić information content (AvgIpc) is 2.62. The van der Waals surface area contributed by atoms with Crippen LogP contribution in [0, 0.1) is 0 Å². The van der Waals surface area contributed by atoms with E-state index in [0.717, 1.165) is 12.5 Å². The Bertz CT molecular complexity index is 673. The van der Waals surface area contributed by atoms with E-state index in [4.69, 9.17) is 0 Å². The molecule has 1 aliphatic rings. The molecular formula is C19H27F3N4O2. The zero-order valence-electron chi connectivity index (χ0n) is 16.2. The number of nitrogens with zero attached hydrogens (tertiary/aromatic N) is 2. The van der Waals surface area contributed by atoms with Crippen LogP contribution in [-0.2, 0) is 15.8 Å². The minimum Gasteiger partial charge on any atom is -0.353 e. The van der Waals surface area contributed by atoms with Crippen LogP contribution in [0.3, 0.4) is 0 Å². The number of alkyl halides is 3. The van der Waals surface area contributed by atoms with Gasteiger partial charge >= 0.3 is 6.18 Å². The lowest BCUT2D eigenvalue weighted by Crippen LogP contribution is -2.51. The second-order valence-electron chi connectivity index (χ2n) is 7.02. The van der Waals surface area contributed by atoms with Crippen LogP contribution in [0.1, 0.15) is 25.8 Å². The number of anilines is 1. The lowest BCUT2D eigenvalue weighted by molar-refractivity contribution is -0.137. The third-order valence-corrected chi connectivity index (χ3v) is 4.73. The van der Waals surface area contributed by atoms with Gasteiger partial charge in [-0.05, 0) is 25.5 Å². The van der Waals surface area contributed by atoms with Gasteiger partial charge in [-0.15, -0.1) is 0 Å². The topological polar surface area (TPSA) is 64.7 Å². The Kier molecular flexibility index (Phi) is 7.82. The number of hydrogen-bond donors (Lipinski definition) is 2. The number of carbonyl (C=O) groups excluding carboxylic acids is 2. The van der Waals surface area contributed by atoms with Crippen molar-refractivity contribution in [3.63, 3.8) is 0 Å². The molecule has 1 aromatic rings. The van der Waals surface area contributed by atoms with Gasteiger partial charge in [0.15, 0.2) is 0 Å². The maximum absolute atomic E-state index is 13.0. The second-order valence-corrected chi connectivity index (χ2v) is 7.02. The Morgan fingerprint density at radius 1 is 1.04 bits per heavy atom. The molecule has 6 nitrogen and oxygen atoms in total. The van der Waals surface area contributed by atoms with Gasteiger partial charge in [-0.1, -0.05) is 19.1 Å². The molecule has 1 aliphatic heterocycles. The molecule has 0 saturated carbocycles. The lowest BCUT2D eigenvalue weighted by atomic mass is 10.1. The van der Waals surface area contributed by atoms with Crippen LogP contribution < -0.4 is 10.6 Å². The Hall–Kier alpha value is -2.13. The van der Waals surface area contributed by atoms with Crippen LogP contribution in [0.25, 0.3) is 0 Å². The van der Waals surface area contributed by atoms with Crippen LogP contribution >= 0.6 is 0 Å². The number of hydrogen-bond acceptors (Lipinski definition) is 4. The summed E-state index contributed by atoms with van der Waals surface area (Å²) in [4.78, 5) is 28.0. The van der Waals surface area contributed by atoms with Crippen molar-refractivity contribution in [1.82, 2.24) is 15.1 Å². The predicted octanol–water partition coefficient (Wildman–Crippen LogP) is 2.18. The van der Waals surface area contributed by atoms with Gasteiger partial charge in [0.25, 0.3) is 0 Å². The van der Waals surface area contributed by atoms with Gasteiger partial charge in [0.2, 0.25) is 11.8 Å². The first-order valence-electron chi connectivity index (χ1n) is 9.39. The molecule has 1 heterocycles. The highest BCUT2D eigenvalue weighted by Crippen LogP contribution is 2.34. The number of amides is 2. The minimum absolute atomic E-state index is 0.0130. The molecule has 9 heteroatoms. The average molecular weight is 400 g/mol. The Balaban J connectivity index is 1.79. The molecular weight excluding hydrogens is 373 g/mol. The van der Waals surface area contributed by atoms with Gasteiger partial charge in [0.05, 0.1) is 24.3 Å². The van der Waals surface area contributed by atoms with Crippen LogP contribution in [0.15, 0.2) is 24.3 Å². The fraction of sp³-hybridized carbons (Fsp3) is 0.579. The fourth-order valence-corrected chi connectivity index (χ4v) is 2.96. The molecule has 2 N–H and O–H groups in total. The maximum Gasteiger partial charge on any atom is 0.418 e. The summed E-state index contributed by atoms with van der Waals surface area (Å²) in [6.45, 7) is 6.67. The molecule has 1 unspecified atom stereocenters. The van der Waals surface area contributed by atoms with E-state index in [1.807, 2.05) is 23.6 Å². The van der Waals surface area contributed by atoms with Crippen molar-refractivity contribution in [1.29, 1.82) is 0 Å². The molecule has 156 valence electrons. The Labute approximate surface area is 163 Å². The first-order valence-corrected chi connectivity index (χ1v) is 9.39. The molecule has 0 radical (unpaired) electrons. The summed E-state index contributed by atoms with van der Waals surface area (Å²) in [5.74, 6) is -0.510. The van der Waals surface area contributed by atoms with Crippen LogP contribution in [0.4, 0.5) is 18.9 Å². The largest absolute Gasteiger partial charge is 0.418 e. The zero-order valence-corrected chi connectivity index (χ0v) is 16.2. The molecule has 2 amide bonds. The molecule has 28 heavy (non-hydrogen) atoms. The minimum atomic E-state index is -4.52. The summed E-state index contributed by atoms with van der Waals surface area (Å²) in [7, 11) is 0. The van der Waals surface area contributed by atoms with Crippen molar-refractivity contribution in [2.45, 2.75) is 32.5 Å². The Morgan fingerprint density at radius 2 is 1.57 bits per heavy atom. The van der Waals surface area contributed by atoms with E-state index in [1.165, 1.54) is 18.2 Å². The van der Waals surface area contributed by atoms with E-state index in [1.54, 1.807) is 0 Å². The number of halogens is 3. The number of piperazine rings is 1. The molecule has 0 bridgehead atoms. The van der Waals surface area contributed by atoms with Crippen LogP contribution in [-0.4, -0.2) is 66.9 Å². The number of carbonyl (C=O) groups is 2. The monoisotopic (exact) mass is 400 g/mol. The highest BCUT2D eigenvalue weighted by molar-refractivity contribution is 5.93. The number of nitrogens with one attached hydrogen (secondary N) is 2. The SMILES string of the molecule is CCC(C)NC(=O)CN1CCN(CC(=O)Nc2ccccc2C(F)(F)F)CC1. The summed E-state index contributed by atoms with van der Waals surface area (Å²) >= 11 is 0. The quantitative estimate of drug-likeness (QED) is 0.737. The predicted molar refractivity (Wildman–Crippen MR) is 101 cm³/mol. The fourth-order valence-electron chi connectivity index (χ4n) is 2.96. The summed E-state index contributed by atoms with van der Waals surface area (Å²) in [5, 5.41) is 5.27. The number of para-hydroxylation sites is 1. The molecule has 2 rings (SSSR count). The molecule has 1 atom stereocenters. The summed E-state index contributed by atoms with van der Waals surface area (Å²) in [6.07, 6.45) is -3.66. The lowest BCUT2D eigenvalue weighted by Gasteiger charge is -2.34. The van der Waals surface area contributed by atoms with E-state index in [-0.39, 0.29) is 24.2 Å². The highest BCUT2D eigenvalue weighted by Gasteiger charge is 2.33. The van der Waals surface area contributed by atoms with E-state index < -0.39 is 17.6 Å². The van der Waals surface area contributed by atoms with E-state index >= 15 is 0 Å². The summed E-state index contributed by atoms with van der Waals surface area (Å²) in [6, 6.07) is 5.06. The molecule has 0 spiro atoms. The zero-order chi connectivity index (χ0) is 20.7. The van der Waals surface area contributed by atoms with E-state index in [2.05, 4.69) is 10.6 Å². The van der Waals surface area contributed by atoms with Crippen molar-refractivity contribution in [2.24, 2.45) is 0 Å². The van der Waals surface area contributed by atoms with Gasteiger partial charge in [0, 0.05) is 32.2 Å². The van der Waals surface area contributed by atoms with Gasteiger partial charge in [-0.3, -0.25) is 19.4 Å². The number of rotatable bonds is 7. The van der Waals surface area contributed by atoms with Crippen molar-refractivity contribution in [3.8, 4) is 0 Å². The molecule has 1 aromatic carbocycles. The first kappa shape index (κ1) is 22.2.